The molecule has 0 bridgehead atoms. The molecule has 0 aromatic heterocycles. The minimum atomic E-state index is 0.239. The monoisotopic (exact) mass is 290 g/mol. The number of amides is 1. The molecule has 2 atom stereocenters. The van der Waals surface area contributed by atoms with Gasteiger partial charge in [0, 0.05) is 31.6 Å². The number of carbonyl (C=O) groups excluding carboxylic acids is 1. The Morgan fingerprint density at radius 3 is 2.71 bits per heavy atom. The number of ether oxygens (including phenoxy) is 1. The Morgan fingerprint density at radius 1 is 1.33 bits per heavy atom. The SMILES string of the molecule is Cc1cccc(OCCCC(=O)N2C[C@@H](C)N[C@H](C)C2)c1. The minimum Gasteiger partial charge on any atom is -0.494 e. The molecule has 2 rings (SSSR count). The van der Waals surface area contributed by atoms with Gasteiger partial charge in [0.15, 0.2) is 0 Å². The van der Waals surface area contributed by atoms with Gasteiger partial charge >= 0.3 is 0 Å². The number of piperazine rings is 1. The number of carbonyl (C=O) groups is 1. The van der Waals surface area contributed by atoms with Gasteiger partial charge in [0.2, 0.25) is 5.91 Å². The van der Waals surface area contributed by atoms with E-state index in [4.69, 9.17) is 4.74 Å². The zero-order valence-electron chi connectivity index (χ0n) is 13.3. The lowest BCUT2D eigenvalue weighted by atomic mass is 10.1. The summed E-state index contributed by atoms with van der Waals surface area (Å²) in [5.74, 6) is 1.12. The summed E-state index contributed by atoms with van der Waals surface area (Å²) in [6.45, 7) is 8.49. The number of hydrogen-bond acceptors (Lipinski definition) is 3. The van der Waals surface area contributed by atoms with Crippen molar-refractivity contribution in [3.05, 3.63) is 29.8 Å². The Hall–Kier alpha value is -1.55. The van der Waals surface area contributed by atoms with E-state index in [0.29, 0.717) is 25.1 Å². The summed E-state index contributed by atoms with van der Waals surface area (Å²) >= 11 is 0. The first-order valence-electron chi connectivity index (χ1n) is 7.78. The van der Waals surface area contributed by atoms with Crippen LogP contribution in [-0.4, -0.2) is 42.6 Å². The Morgan fingerprint density at radius 2 is 2.05 bits per heavy atom. The van der Waals surface area contributed by atoms with E-state index in [2.05, 4.69) is 19.2 Å². The van der Waals surface area contributed by atoms with Crippen molar-refractivity contribution < 1.29 is 9.53 Å². The smallest absolute Gasteiger partial charge is 0.222 e. The molecule has 4 nitrogen and oxygen atoms in total. The molecule has 1 aliphatic heterocycles. The molecule has 1 heterocycles. The first kappa shape index (κ1) is 15.8. The van der Waals surface area contributed by atoms with E-state index >= 15 is 0 Å². The average molecular weight is 290 g/mol. The maximum Gasteiger partial charge on any atom is 0.222 e. The number of rotatable bonds is 5. The highest BCUT2D eigenvalue weighted by Gasteiger charge is 2.24. The molecule has 0 unspecified atom stereocenters. The number of nitrogens with zero attached hydrogens (tertiary/aromatic N) is 1. The first-order valence-corrected chi connectivity index (χ1v) is 7.78. The highest BCUT2D eigenvalue weighted by atomic mass is 16.5. The molecular weight excluding hydrogens is 264 g/mol. The van der Waals surface area contributed by atoms with Crippen molar-refractivity contribution in [3.8, 4) is 5.75 Å². The molecule has 1 N–H and O–H groups in total. The molecule has 1 aromatic rings. The van der Waals surface area contributed by atoms with Crippen LogP contribution < -0.4 is 10.1 Å². The average Bonchev–Trinajstić information content (AvgIpc) is 2.42. The molecule has 116 valence electrons. The molecule has 4 heteroatoms. The van der Waals surface area contributed by atoms with Crippen LogP contribution >= 0.6 is 0 Å². The molecule has 1 fully saturated rings. The Kier molecular flexibility index (Phi) is 5.62. The quantitative estimate of drug-likeness (QED) is 0.847. The lowest BCUT2D eigenvalue weighted by Gasteiger charge is -2.36. The van der Waals surface area contributed by atoms with Crippen molar-refractivity contribution in [1.82, 2.24) is 10.2 Å². The molecule has 0 radical (unpaired) electrons. The van der Waals surface area contributed by atoms with Gasteiger partial charge in [-0.05, 0) is 44.9 Å². The fraction of sp³-hybridized carbons (Fsp3) is 0.588. The fourth-order valence-corrected chi connectivity index (χ4v) is 2.81. The van der Waals surface area contributed by atoms with Crippen LogP contribution in [0.15, 0.2) is 24.3 Å². The van der Waals surface area contributed by atoms with Gasteiger partial charge < -0.3 is 15.0 Å². The lowest BCUT2D eigenvalue weighted by molar-refractivity contribution is -0.133. The lowest BCUT2D eigenvalue weighted by Crippen LogP contribution is -2.55. The van der Waals surface area contributed by atoms with E-state index in [-0.39, 0.29) is 5.91 Å². The maximum absolute atomic E-state index is 12.2. The third-order valence-corrected chi connectivity index (χ3v) is 3.70. The zero-order chi connectivity index (χ0) is 15.2. The number of nitrogens with one attached hydrogen (secondary N) is 1. The van der Waals surface area contributed by atoms with Gasteiger partial charge in [-0.25, -0.2) is 0 Å². The molecule has 21 heavy (non-hydrogen) atoms. The molecule has 1 saturated heterocycles. The third-order valence-electron chi connectivity index (χ3n) is 3.70. The van der Waals surface area contributed by atoms with Crippen LogP contribution in [0, 0.1) is 6.92 Å². The van der Waals surface area contributed by atoms with Gasteiger partial charge in [-0.15, -0.1) is 0 Å². The number of hydrogen-bond donors (Lipinski definition) is 1. The predicted octanol–water partition coefficient (Wildman–Crippen LogP) is 2.36. The van der Waals surface area contributed by atoms with Gasteiger partial charge in [-0.3, -0.25) is 4.79 Å². The second kappa shape index (κ2) is 7.46. The molecular formula is C17H26N2O2. The summed E-state index contributed by atoms with van der Waals surface area (Å²) in [6, 6.07) is 8.75. The second-order valence-electron chi connectivity index (χ2n) is 6.04. The van der Waals surface area contributed by atoms with Crippen molar-refractivity contribution in [2.75, 3.05) is 19.7 Å². The van der Waals surface area contributed by atoms with Gasteiger partial charge in [0.25, 0.3) is 0 Å². The van der Waals surface area contributed by atoms with E-state index in [9.17, 15) is 4.79 Å². The predicted molar refractivity (Wildman–Crippen MR) is 84.5 cm³/mol. The van der Waals surface area contributed by atoms with Crippen LogP contribution in [0.4, 0.5) is 0 Å². The van der Waals surface area contributed by atoms with Crippen molar-refractivity contribution in [2.45, 2.75) is 45.7 Å². The van der Waals surface area contributed by atoms with Crippen molar-refractivity contribution >= 4 is 5.91 Å². The fourth-order valence-electron chi connectivity index (χ4n) is 2.81. The van der Waals surface area contributed by atoms with Crippen molar-refractivity contribution in [2.24, 2.45) is 0 Å². The summed E-state index contributed by atoms with van der Waals surface area (Å²) in [5, 5.41) is 3.44. The molecule has 1 aromatic carbocycles. The van der Waals surface area contributed by atoms with Crippen LogP contribution in [0.5, 0.6) is 5.75 Å². The van der Waals surface area contributed by atoms with Crippen LogP contribution in [-0.2, 0) is 4.79 Å². The van der Waals surface area contributed by atoms with E-state index in [1.165, 1.54) is 5.56 Å². The van der Waals surface area contributed by atoms with Gasteiger partial charge in [-0.2, -0.15) is 0 Å². The van der Waals surface area contributed by atoms with Crippen molar-refractivity contribution in [1.29, 1.82) is 0 Å². The topological polar surface area (TPSA) is 41.6 Å². The zero-order valence-corrected chi connectivity index (χ0v) is 13.3. The normalized spacial score (nSPS) is 22.1. The molecule has 0 spiro atoms. The maximum atomic E-state index is 12.2. The van der Waals surface area contributed by atoms with E-state index in [0.717, 1.165) is 25.3 Å². The van der Waals surface area contributed by atoms with E-state index in [1.807, 2.05) is 36.1 Å². The summed E-state index contributed by atoms with van der Waals surface area (Å²) in [5.41, 5.74) is 1.19. The van der Waals surface area contributed by atoms with E-state index < -0.39 is 0 Å². The number of benzene rings is 1. The Balaban J connectivity index is 1.69. The van der Waals surface area contributed by atoms with Gasteiger partial charge in [0.05, 0.1) is 6.61 Å². The highest BCUT2D eigenvalue weighted by Crippen LogP contribution is 2.13. The largest absolute Gasteiger partial charge is 0.494 e. The summed E-state index contributed by atoms with van der Waals surface area (Å²) in [4.78, 5) is 14.2. The second-order valence-corrected chi connectivity index (χ2v) is 6.04. The summed E-state index contributed by atoms with van der Waals surface area (Å²) in [6.07, 6.45) is 1.32. The van der Waals surface area contributed by atoms with Crippen LogP contribution in [0.1, 0.15) is 32.3 Å². The van der Waals surface area contributed by atoms with Crippen molar-refractivity contribution in [3.63, 3.8) is 0 Å². The Labute approximate surface area is 127 Å². The molecule has 1 amide bonds. The molecule has 0 saturated carbocycles. The minimum absolute atomic E-state index is 0.239. The highest BCUT2D eigenvalue weighted by molar-refractivity contribution is 5.76. The van der Waals surface area contributed by atoms with E-state index in [1.54, 1.807) is 0 Å². The number of aryl methyl sites for hydroxylation is 1. The van der Waals surface area contributed by atoms with Gasteiger partial charge in [0.1, 0.15) is 5.75 Å². The summed E-state index contributed by atoms with van der Waals surface area (Å²) < 4.78 is 5.68. The standard InChI is InChI=1S/C17H26N2O2/c1-13-6-4-7-16(10-13)21-9-5-8-17(20)19-11-14(2)18-15(3)12-19/h4,6-7,10,14-15,18H,5,8-9,11-12H2,1-3H3/t14-,15-/m1/s1. The molecule has 0 aliphatic carbocycles. The first-order chi connectivity index (χ1) is 10.0. The molecule has 1 aliphatic rings. The van der Waals surface area contributed by atoms with Crippen LogP contribution in [0.2, 0.25) is 0 Å². The van der Waals surface area contributed by atoms with Gasteiger partial charge in [-0.1, -0.05) is 12.1 Å². The van der Waals surface area contributed by atoms with Crippen LogP contribution in [0.3, 0.4) is 0 Å². The van der Waals surface area contributed by atoms with Crippen LogP contribution in [0.25, 0.3) is 0 Å². The summed E-state index contributed by atoms with van der Waals surface area (Å²) in [7, 11) is 0. The Bertz CT molecular complexity index is 466. The third kappa shape index (κ3) is 5.05.